The summed E-state index contributed by atoms with van der Waals surface area (Å²) in [7, 11) is 0. The molecule has 0 unspecified atom stereocenters. The lowest BCUT2D eigenvalue weighted by Crippen LogP contribution is -2.13. The van der Waals surface area contributed by atoms with Gasteiger partial charge in [0.15, 0.2) is 0 Å². The molecule has 1 saturated carbocycles. The summed E-state index contributed by atoms with van der Waals surface area (Å²) in [5.41, 5.74) is 0.786. The molecule has 0 atom stereocenters. The van der Waals surface area contributed by atoms with Crippen molar-refractivity contribution in [2.75, 3.05) is 0 Å². The second-order valence-corrected chi connectivity index (χ2v) is 3.81. The van der Waals surface area contributed by atoms with Crippen LogP contribution in [0.1, 0.15) is 72.6 Å². The first-order valence-electron chi connectivity index (χ1n) is 5.83. The maximum absolute atomic E-state index is 2.36. The Labute approximate surface area is 78.8 Å². The van der Waals surface area contributed by atoms with Gasteiger partial charge in [0.1, 0.15) is 0 Å². The average molecular weight is 170 g/mol. The van der Waals surface area contributed by atoms with Crippen LogP contribution in [-0.4, -0.2) is 0 Å². The molecule has 0 radical (unpaired) electrons. The van der Waals surface area contributed by atoms with E-state index in [1.165, 1.54) is 44.9 Å². The van der Waals surface area contributed by atoms with E-state index < -0.39 is 0 Å². The third-order valence-electron chi connectivity index (χ3n) is 3.19. The van der Waals surface area contributed by atoms with E-state index in [0.29, 0.717) is 0 Å². The molecule has 0 N–H and O–H groups in total. The Kier molecular flexibility index (Phi) is 6.51. The van der Waals surface area contributed by atoms with Crippen molar-refractivity contribution in [1.29, 1.82) is 0 Å². The Bertz CT molecular complexity index is 88.2. The van der Waals surface area contributed by atoms with E-state index in [2.05, 4.69) is 13.8 Å². The van der Waals surface area contributed by atoms with Gasteiger partial charge in [-0.15, -0.1) is 0 Å². The van der Waals surface area contributed by atoms with Crippen molar-refractivity contribution in [2.24, 2.45) is 5.41 Å². The summed E-state index contributed by atoms with van der Waals surface area (Å²) < 4.78 is 0. The Morgan fingerprint density at radius 1 is 1.00 bits per heavy atom. The van der Waals surface area contributed by atoms with Crippen LogP contribution in [0, 0.1) is 5.41 Å². The molecule has 0 heterocycles. The van der Waals surface area contributed by atoms with Crippen molar-refractivity contribution in [1.82, 2.24) is 0 Å². The van der Waals surface area contributed by atoms with Crippen LogP contribution in [0.25, 0.3) is 0 Å². The van der Waals surface area contributed by atoms with E-state index in [9.17, 15) is 0 Å². The highest BCUT2D eigenvalue weighted by atomic mass is 14.4. The zero-order valence-corrected chi connectivity index (χ0v) is 9.45. The molecule has 0 aromatic carbocycles. The third kappa shape index (κ3) is 3.16. The molecule has 0 saturated heterocycles. The van der Waals surface area contributed by atoms with Gasteiger partial charge in [0, 0.05) is 0 Å². The van der Waals surface area contributed by atoms with Crippen LogP contribution in [0.4, 0.5) is 0 Å². The highest BCUT2D eigenvalue weighted by molar-refractivity contribution is 4.82. The quantitative estimate of drug-likeness (QED) is 0.571. The summed E-state index contributed by atoms with van der Waals surface area (Å²) in [6, 6.07) is 0. The van der Waals surface area contributed by atoms with Gasteiger partial charge in [-0.2, -0.15) is 0 Å². The molecule has 12 heavy (non-hydrogen) atoms. The van der Waals surface area contributed by atoms with Crippen LogP contribution in [0.2, 0.25) is 0 Å². The van der Waals surface area contributed by atoms with Crippen molar-refractivity contribution in [3.05, 3.63) is 0 Å². The maximum atomic E-state index is 2.36. The standard InChI is InChI=1S/C10H20.C2H6/c1-3-7-10(4-2)8-5-6-9-10;1-2/h3-9H2,1-2H3;1-2H3. The van der Waals surface area contributed by atoms with E-state index in [0.717, 1.165) is 5.41 Å². The molecule has 0 amide bonds. The Morgan fingerprint density at radius 3 is 1.83 bits per heavy atom. The molecular formula is C12H26. The Hall–Kier alpha value is 0. The fourth-order valence-corrected chi connectivity index (χ4v) is 2.44. The minimum Gasteiger partial charge on any atom is -0.0683 e. The minimum absolute atomic E-state index is 0.786. The van der Waals surface area contributed by atoms with Crippen LogP contribution < -0.4 is 0 Å². The minimum atomic E-state index is 0.786. The number of hydrogen-bond donors (Lipinski definition) is 0. The van der Waals surface area contributed by atoms with Gasteiger partial charge in [-0.1, -0.05) is 53.4 Å². The Morgan fingerprint density at radius 2 is 1.50 bits per heavy atom. The molecule has 1 aliphatic carbocycles. The van der Waals surface area contributed by atoms with Gasteiger partial charge < -0.3 is 0 Å². The summed E-state index contributed by atoms with van der Waals surface area (Å²) in [6.07, 6.45) is 10.3. The summed E-state index contributed by atoms with van der Waals surface area (Å²) in [4.78, 5) is 0. The molecule has 0 nitrogen and oxygen atoms in total. The van der Waals surface area contributed by atoms with Crippen LogP contribution in [0.5, 0.6) is 0 Å². The maximum Gasteiger partial charge on any atom is -0.0300 e. The van der Waals surface area contributed by atoms with Crippen LogP contribution in [0.3, 0.4) is 0 Å². The van der Waals surface area contributed by atoms with Gasteiger partial charge in [0.05, 0.1) is 0 Å². The van der Waals surface area contributed by atoms with Gasteiger partial charge in [-0.05, 0) is 24.7 Å². The van der Waals surface area contributed by atoms with E-state index in [1.807, 2.05) is 13.8 Å². The molecule has 1 aliphatic rings. The van der Waals surface area contributed by atoms with E-state index >= 15 is 0 Å². The predicted octanol–water partition coefficient (Wildman–Crippen LogP) is 4.78. The van der Waals surface area contributed by atoms with Gasteiger partial charge in [-0.25, -0.2) is 0 Å². The highest BCUT2D eigenvalue weighted by Gasteiger charge is 2.30. The average Bonchev–Trinajstić information content (AvgIpc) is 2.58. The highest BCUT2D eigenvalue weighted by Crippen LogP contribution is 2.44. The SMILES string of the molecule is CC.CCCC1(CC)CCCC1. The largest absolute Gasteiger partial charge is 0.0683 e. The Balaban J connectivity index is 0.000000561. The summed E-state index contributed by atoms with van der Waals surface area (Å²) >= 11 is 0. The number of rotatable bonds is 3. The lowest BCUT2D eigenvalue weighted by atomic mass is 9.79. The predicted molar refractivity (Wildman–Crippen MR) is 57.4 cm³/mol. The van der Waals surface area contributed by atoms with Gasteiger partial charge >= 0.3 is 0 Å². The summed E-state index contributed by atoms with van der Waals surface area (Å²) in [6.45, 7) is 8.68. The molecule has 0 spiro atoms. The fourth-order valence-electron chi connectivity index (χ4n) is 2.44. The van der Waals surface area contributed by atoms with Crippen molar-refractivity contribution in [2.45, 2.75) is 72.6 Å². The third-order valence-corrected chi connectivity index (χ3v) is 3.19. The second kappa shape index (κ2) is 6.51. The first kappa shape index (κ1) is 12.0. The van der Waals surface area contributed by atoms with E-state index in [-0.39, 0.29) is 0 Å². The monoisotopic (exact) mass is 170 g/mol. The molecule has 74 valence electrons. The zero-order valence-electron chi connectivity index (χ0n) is 9.45. The van der Waals surface area contributed by atoms with E-state index in [1.54, 1.807) is 0 Å². The first-order chi connectivity index (χ1) is 5.83. The molecule has 1 fully saturated rings. The van der Waals surface area contributed by atoms with Crippen molar-refractivity contribution >= 4 is 0 Å². The topological polar surface area (TPSA) is 0 Å². The molecule has 0 aromatic rings. The van der Waals surface area contributed by atoms with Gasteiger partial charge in [-0.3, -0.25) is 0 Å². The molecule has 0 aromatic heterocycles. The molecule has 0 aliphatic heterocycles. The van der Waals surface area contributed by atoms with Crippen LogP contribution in [-0.2, 0) is 0 Å². The summed E-state index contributed by atoms with van der Waals surface area (Å²) in [5.74, 6) is 0. The van der Waals surface area contributed by atoms with Crippen molar-refractivity contribution < 1.29 is 0 Å². The second-order valence-electron chi connectivity index (χ2n) is 3.81. The van der Waals surface area contributed by atoms with Crippen molar-refractivity contribution in [3.63, 3.8) is 0 Å². The van der Waals surface area contributed by atoms with Crippen LogP contribution >= 0.6 is 0 Å². The van der Waals surface area contributed by atoms with Crippen LogP contribution in [0.15, 0.2) is 0 Å². The molecule has 0 heteroatoms. The first-order valence-corrected chi connectivity index (χ1v) is 5.83. The smallest absolute Gasteiger partial charge is 0.0300 e. The van der Waals surface area contributed by atoms with Gasteiger partial charge in [0.2, 0.25) is 0 Å². The molecule has 1 rings (SSSR count). The normalized spacial score (nSPS) is 20.0. The number of hydrogen-bond acceptors (Lipinski definition) is 0. The summed E-state index contributed by atoms with van der Waals surface area (Å²) in [5, 5.41) is 0. The molecular weight excluding hydrogens is 144 g/mol. The van der Waals surface area contributed by atoms with E-state index in [4.69, 9.17) is 0 Å². The lowest BCUT2D eigenvalue weighted by molar-refractivity contribution is 0.257. The van der Waals surface area contributed by atoms with Crippen molar-refractivity contribution in [3.8, 4) is 0 Å². The lowest BCUT2D eigenvalue weighted by Gasteiger charge is -2.26. The molecule has 0 bridgehead atoms. The fraction of sp³-hybridized carbons (Fsp3) is 1.00. The van der Waals surface area contributed by atoms with Gasteiger partial charge in [0.25, 0.3) is 0 Å². The zero-order chi connectivity index (χ0) is 9.45.